The van der Waals surface area contributed by atoms with E-state index in [1.807, 2.05) is 30.3 Å². The Morgan fingerprint density at radius 3 is 2.36 bits per heavy atom. The summed E-state index contributed by atoms with van der Waals surface area (Å²) in [6.45, 7) is 3.60. The minimum atomic E-state index is -3.80. The molecule has 2 amide bonds. The van der Waals surface area contributed by atoms with Crippen molar-refractivity contribution in [1.82, 2.24) is 10.2 Å². The summed E-state index contributed by atoms with van der Waals surface area (Å²) in [5, 5.41) is 2.55. The van der Waals surface area contributed by atoms with Gasteiger partial charge in [-0.15, -0.1) is 0 Å². The van der Waals surface area contributed by atoms with Crippen LogP contribution in [-0.4, -0.2) is 63.7 Å². The van der Waals surface area contributed by atoms with Crippen LogP contribution in [0.25, 0.3) is 0 Å². The molecular weight excluding hydrogens is 446 g/mol. The van der Waals surface area contributed by atoms with E-state index in [1.165, 1.54) is 18.9 Å². The molecule has 9 nitrogen and oxygen atoms in total. The molecule has 2 aromatic carbocycles. The number of nitrogens with one attached hydrogen (secondary N) is 1. The second-order valence-electron chi connectivity index (χ2n) is 7.53. The Kier molecular flexibility index (Phi) is 7.80. The minimum absolute atomic E-state index is 0.162. The molecule has 0 saturated carbocycles. The van der Waals surface area contributed by atoms with Gasteiger partial charge in [-0.2, -0.15) is 0 Å². The molecule has 0 fully saturated rings. The van der Waals surface area contributed by atoms with Crippen LogP contribution in [0.1, 0.15) is 19.4 Å². The number of likely N-dealkylation sites (N-methyl/N-ethyl adjacent to an activating group) is 1. The highest BCUT2D eigenvalue weighted by Gasteiger charge is 2.31. The van der Waals surface area contributed by atoms with Crippen LogP contribution in [0, 0.1) is 0 Å². The summed E-state index contributed by atoms with van der Waals surface area (Å²) >= 11 is 0. The smallest absolute Gasteiger partial charge is 0.244 e. The average molecular weight is 476 g/mol. The predicted octanol–water partition coefficient (Wildman–Crippen LogP) is 1.78. The van der Waals surface area contributed by atoms with Crippen LogP contribution in [0.4, 0.5) is 5.69 Å². The molecule has 10 heteroatoms. The van der Waals surface area contributed by atoms with Gasteiger partial charge in [0.1, 0.15) is 25.8 Å². The number of benzene rings is 2. The maximum absolute atomic E-state index is 13.4. The third-order valence-corrected chi connectivity index (χ3v) is 7.14. The number of carbonyl (C=O) groups excluding carboxylic acids is 2. The lowest BCUT2D eigenvalue weighted by atomic mass is 10.1. The Labute approximate surface area is 194 Å². The number of amides is 2. The van der Waals surface area contributed by atoms with Gasteiger partial charge in [-0.25, -0.2) is 8.42 Å². The van der Waals surface area contributed by atoms with Crippen LogP contribution in [-0.2, 0) is 26.2 Å². The van der Waals surface area contributed by atoms with E-state index in [2.05, 4.69) is 5.32 Å². The maximum atomic E-state index is 13.4. The first-order valence-corrected chi connectivity index (χ1v) is 12.3. The Morgan fingerprint density at radius 2 is 1.73 bits per heavy atom. The summed E-state index contributed by atoms with van der Waals surface area (Å²) in [5.41, 5.74) is 1.12. The fourth-order valence-electron chi connectivity index (χ4n) is 3.48. The van der Waals surface area contributed by atoms with Crippen molar-refractivity contribution in [2.24, 2.45) is 0 Å². The zero-order chi connectivity index (χ0) is 24.0. The lowest BCUT2D eigenvalue weighted by Crippen LogP contribution is -2.51. The lowest BCUT2D eigenvalue weighted by Gasteiger charge is -2.32. The Balaban J connectivity index is 1.93. The molecule has 0 aliphatic carbocycles. The normalized spacial score (nSPS) is 13.7. The fraction of sp³-hybridized carbons (Fsp3) is 0.391. The molecular formula is C23H29N3O6S. The lowest BCUT2D eigenvalue weighted by molar-refractivity contribution is -0.139. The Hall–Kier alpha value is -3.27. The van der Waals surface area contributed by atoms with Gasteiger partial charge in [0.15, 0.2) is 11.5 Å². The molecule has 0 radical (unpaired) electrons. The van der Waals surface area contributed by atoms with Gasteiger partial charge in [-0.3, -0.25) is 13.9 Å². The molecule has 1 aliphatic rings. The third kappa shape index (κ3) is 5.75. The average Bonchev–Trinajstić information content (AvgIpc) is 2.85. The van der Waals surface area contributed by atoms with Crippen molar-refractivity contribution >= 4 is 27.5 Å². The summed E-state index contributed by atoms with van der Waals surface area (Å²) in [6, 6.07) is 13.2. The molecule has 178 valence electrons. The minimum Gasteiger partial charge on any atom is -0.486 e. The fourth-order valence-corrected chi connectivity index (χ4v) is 4.53. The van der Waals surface area contributed by atoms with E-state index in [-0.39, 0.29) is 18.2 Å². The summed E-state index contributed by atoms with van der Waals surface area (Å²) in [6.07, 6.45) is 0. The largest absolute Gasteiger partial charge is 0.486 e. The second kappa shape index (κ2) is 10.6. The highest BCUT2D eigenvalue weighted by atomic mass is 32.2. The van der Waals surface area contributed by atoms with E-state index in [1.54, 1.807) is 25.1 Å². The van der Waals surface area contributed by atoms with Crippen molar-refractivity contribution in [3.05, 3.63) is 54.1 Å². The number of ether oxygens (including phenoxy) is 2. The second-order valence-corrected chi connectivity index (χ2v) is 9.71. The number of carbonyl (C=O) groups is 2. The standard InChI is InChI=1S/C23H29N3O6S/c1-4-33(29,30)26(19-10-11-20-21(14-19)32-13-12-31-20)16-22(27)25(17(2)23(28)24-3)15-18-8-6-5-7-9-18/h5-11,14,17H,4,12-13,15-16H2,1-3H3,(H,24,28)/t17-/m0/s1. The molecule has 0 spiro atoms. The summed E-state index contributed by atoms with van der Waals surface area (Å²) in [5.74, 6) is -0.102. The number of hydrogen-bond donors (Lipinski definition) is 1. The van der Waals surface area contributed by atoms with E-state index >= 15 is 0 Å². The van der Waals surface area contributed by atoms with Crippen LogP contribution in [0.3, 0.4) is 0 Å². The van der Waals surface area contributed by atoms with Gasteiger partial charge >= 0.3 is 0 Å². The van der Waals surface area contributed by atoms with Crippen molar-refractivity contribution in [2.75, 3.05) is 36.9 Å². The van der Waals surface area contributed by atoms with E-state index < -0.39 is 28.5 Å². The molecule has 2 aromatic rings. The number of rotatable bonds is 9. The SMILES string of the molecule is CCS(=O)(=O)N(CC(=O)N(Cc1ccccc1)[C@@H](C)C(=O)NC)c1ccc2c(c1)OCCO2. The first-order chi connectivity index (χ1) is 15.8. The van der Waals surface area contributed by atoms with E-state index in [9.17, 15) is 18.0 Å². The monoisotopic (exact) mass is 475 g/mol. The molecule has 1 aliphatic heterocycles. The topological polar surface area (TPSA) is 105 Å². The molecule has 0 unspecified atom stereocenters. The van der Waals surface area contributed by atoms with Crippen molar-refractivity contribution < 1.29 is 27.5 Å². The molecule has 33 heavy (non-hydrogen) atoms. The van der Waals surface area contributed by atoms with Crippen LogP contribution >= 0.6 is 0 Å². The Bertz CT molecular complexity index is 1090. The van der Waals surface area contributed by atoms with Crippen molar-refractivity contribution in [3.8, 4) is 11.5 Å². The number of nitrogens with zero attached hydrogens (tertiary/aromatic N) is 2. The molecule has 1 N–H and O–H groups in total. The van der Waals surface area contributed by atoms with Crippen LogP contribution in [0.2, 0.25) is 0 Å². The molecule has 3 rings (SSSR count). The van der Waals surface area contributed by atoms with Gasteiger partial charge in [0.25, 0.3) is 0 Å². The van der Waals surface area contributed by atoms with Gasteiger partial charge in [-0.05, 0) is 31.5 Å². The summed E-state index contributed by atoms with van der Waals surface area (Å²) in [4.78, 5) is 27.2. The number of anilines is 1. The molecule has 1 atom stereocenters. The van der Waals surface area contributed by atoms with Gasteiger partial charge in [0, 0.05) is 19.7 Å². The van der Waals surface area contributed by atoms with Crippen molar-refractivity contribution in [2.45, 2.75) is 26.4 Å². The molecule has 0 aromatic heterocycles. The van der Waals surface area contributed by atoms with E-state index in [0.717, 1.165) is 9.87 Å². The molecule has 0 saturated heterocycles. The van der Waals surface area contributed by atoms with E-state index in [0.29, 0.717) is 30.4 Å². The number of sulfonamides is 1. The van der Waals surface area contributed by atoms with Crippen LogP contribution < -0.4 is 19.1 Å². The predicted molar refractivity (Wildman–Crippen MR) is 125 cm³/mol. The quantitative estimate of drug-likeness (QED) is 0.593. The van der Waals surface area contributed by atoms with Gasteiger partial charge in [0.05, 0.1) is 11.4 Å². The van der Waals surface area contributed by atoms with Gasteiger partial charge in [-0.1, -0.05) is 30.3 Å². The molecule has 0 bridgehead atoms. The summed E-state index contributed by atoms with van der Waals surface area (Å²) in [7, 11) is -2.31. The van der Waals surface area contributed by atoms with E-state index in [4.69, 9.17) is 9.47 Å². The van der Waals surface area contributed by atoms with Gasteiger partial charge in [0.2, 0.25) is 21.8 Å². The van der Waals surface area contributed by atoms with Gasteiger partial charge < -0.3 is 19.7 Å². The number of hydrogen-bond acceptors (Lipinski definition) is 6. The van der Waals surface area contributed by atoms with Crippen LogP contribution in [0.5, 0.6) is 11.5 Å². The van der Waals surface area contributed by atoms with Crippen molar-refractivity contribution in [3.63, 3.8) is 0 Å². The van der Waals surface area contributed by atoms with Crippen molar-refractivity contribution in [1.29, 1.82) is 0 Å². The zero-order valence-corrected chi connectivity index (χ0v) is 19.8. The molecule has 1 heterocycles. The summed E-state index contributed by atoms with van der Waals surface area (Å²) < 4.78 is 38.0. The highest BCUT2D eigenvalue weighted by molar-refractivity contribution is 7.92. The Morgan fingerprint density at radius 1 is 1.06 bits per heavy atom. The third-order valence-electron chi connectivity index (χ3n) is 5.40. The first-order valence-electron chi connectivity index (χ1n) is 10.7. The highest BCUT2D eigenvalue weighted by Crippen LogP contribution is 2.35. The van der Waals surface area contributed by atoms with Crippen LogP contribution in [0.15, 0.2) is 48.5 Å². The number of fused-ring (bicyclic) bond motifs is 1. The zero-order valence-electron chi connectivity index (χ0n) is 19.0. The first kappa shape index (κ1) is 24.4. The maximum Gasteiger partial charge on any atom is 0.244 e.